The van der Waals surface area contributed by atoms with E-state index < -0.39 is 11.9 Å². The molecule has 1 atom stereocenters. The first-order valence-electron chi connectivity index (χ1n) is 12.3. The number of halogens is 2. The molecule has 0 saturated heterocycles. The number of nitrogens with one attached hydrogen (secondary N) is 1. The van der Waals surface area contributed by atoms with Gasteiger partial charge in [-0.25, -0.2) is 9.97 Å². The average molecular weight is 576 g/mol. The predicted octanol–water partition coefficient (Wildman–Crippen LogP) is 4.82. The molecule has 0 radical (unpaired) electrons. The van der Waals surface area contributed by atoms with Gasteiger partial charge in [-0.15, -0.1) is 0 Å². The van der Waals surface area contributed by atoms with Crippen LogP contribution in [0.5, 0.6) is 5.75 Å². The molecular formula is C29H23Cl2N5O4. The lowest BCUT2D eigenvalue weighted by Crippen LogP contribution is -2.45. The second-order valence-electron chi connectivity index (χ2n) is 9.13. The van der Waals surface area contributed by atoms with E-state index in [1.165, 1.54) is 24.4 Å². The number of methoxy groups -OCH3 is 1. The third kappa shape index (κ3) is 5.95. The van der Waals surface area contributed by atoms with Crippen LogP contribution in [-0.2, 0) is 24.2 Å². The minimum Gasteiger partial charge on any atom is -0.494 e. The lowest BCUT2D eigenvalue weighted by Gasteiger charge is -2.29. The standard InChI is InChI=1S/C29H23Cl2N5O4/c1-40-21-14-33-29(34-15-21)35-27(38)23-7-5-17(10-24(23)31)16-36-25(13-20-4-2-3-9-32-20)26(37)12-18-11-19(30)6-8-22(18)28(36)39/h2-11,14-15,25H,12-13,16H2,1H3,(H,33,34,35,38)/t25-/m1/s1. The fourth-order valence-corrected chi connectivity index (χ4v) is 4.99. The van der Waals surface area contributed by atoms with Crippen LogP contribution in [-0.4, -0.2) is 50.6 Å². The number of rotatable bonds is 7. The Labute approximate surface area is 240 Å². The fourth-order valence-electron chi connectivity index (χ4n) is 4.51. The number of Topliss-reactive ketones (excluding diaryl/α,β-unsaturated/α-hetero) is 1. The van der Waals surface area contributed by atoms with Gasteiger partial charge in [0.1, 0.15) is 0 Å². The van der Waals surface area contributed by atoms with Crippen LogP contribution in [0.15, 0.2) is 73.2 Å². The van der Waals surface area contributed by atoms with Gasteiger partial charge in [-0.2, -0.15) is 0 Å². The number of aromatic nitrogens is 3. The quantitative estimate of drug-likeness (QED) is 0.336. The Hall–Kier alpha value is -4.34. The number of amides is 2. The van der Waals surface area contributed by atoms with Crippen molar-refractivity contribution < 1.29 is 19.1 Å². The fraction of sp³-hybridized carbons (Fsp3) is 0.172. The molecule has 1 aliphatic heterocycles. The van der Waals surface area contributed by atoms with Crippen molar-refractivity contribution in [1.82, 2.24) is 19.9 Å². The van der Waals surface area contributed by atoms with Crippen molar-refractivity contribution in [3.05, 3.63) is 111 Å². The van der Waals surface area contributed by atoms with E-state index in [1.807, 2.05) is 12.1 Å². The summed E-state index contributed by atoms with van der Waals surface area (Å²) in [5, 5.41) is 3.22. The summed E-state index contributed by atoms with van der Waals surface area (Å²) in [7, 11) is 1.49. The highest BCUT2D eigenvalue weighted by Gasteiger charge is 2.36. The lowest BCUT2D eigenvalue weighted by atomic mass is 9.99. The van der Waals surface area contributed by atoms with Crippen LogP contribution >= 0.6 is 23.2 Å². The summed E-state index contributed by atoms with van der Waals surface area (Å²) < 4.78 is 5.02. The number of pyridine rings is 1. The molecule has 0 spiro atoms. The molecule has 0 unspecified atom stereocenters. The summed E-state index contributed by atoms with van der Waals surface area (Å²) in [6.45, 7) is 0.0906. The molecule has 9 nitrogen and oxygen atoms in total. The second kappa shape index (κ2) is 11.8. The summed E-state index contributed by atoms with van der Waals surface area (Å²) >= 11 is 12.7. The number of hydrogen-bond donors (Lipinski definition) is 1. The summed E-state index contributed by atoms with van der Waals surface area (Å²) in [5.41, 5.74) is 2.54. The summed E-state index contributed by atoms with van der Waals surface area (Å²) in [6, 6.07) is 14.5. The molecule has 5 rings (SSSR count). The van der Waals surface area contributed by atoms with Crippen molar-refractivity contribution >= 4 is 46.7 Å². The highest BCUT2D eigenvalue weighted by molar-refractivity contribution is 6.34. The van der Waals surface area contributed by atoms with Gasteiger partial charge in [0.15, 0.2) is 11.5 Å². The Kier molecular flexibility index (Phi) is 8.04. The van der Waals surface area contributed by atoms with Gasteiger partial charge >= 0.3 is 0 Å². The minimum atomic E-state index is -0.762. The predicted molar refractivity (Wildman–Crippen MR) is 150 cm³/mol. The molecule has 3 heterocycles. The molecule has 0 fully saturated rings. The molecular weight excluding hydrogens is 553 g/mol. The van der Waals surface area contributed by atoms with Crippen LogP contribution in [0.2, 0.25) is 10.0 Å². The van der Waals surface area contributed by atoms with Crippen molar-refractivity contribution in [3.63, 3.8) is 0 Å². The lowest BCUT2D eigenvalue weighted by molar-refractivity contribution is -0.122. The molecule has 2 amide bonds. The van der Waals surface area contributed by atoms with E-state index in [0.717, 1.165) is 0 Å². The van der Waals surface area contributed by atoms with Crippen LogP contribution in [0, 0.1) is 0 Å². The minimum absolute atomic E-state index is 0.0724. The van der Waals surface area contributed by atoms with Crippen molar-refractivity contribution in [2.45, 2.75) is 25.4 Å². The van der Waals surface area contributed by atoms with Gasteiger partial charge in [-0.05, 0) is 53.6 Å². The van der Waals surface area contributed by atoms with Gasteiger partial charge in [0.05, 0.1) is 36.1 Å². The Bertz CT molecular complexity index is 1580. The highest BCUT2D eigenvalue weighted by atomic mass is 35.5. The topological polar surface area (TPSA) is 114 Å². The maximum absolute atomic E-state index is 13.8. The van der Waals surface area contributed by atoms with Gasteiger partial charge in [-0.3, -0.25) is 24.7 Å². The number of anilines is 1. The number of nitrogens with zero attached hydrogens (tertiary/aromatic N) is 4. The molecule has 2 aromatic carbocycles. The zero-order valence-corrected chi connectivity index (χ0v) is 22.8. The number of ketones is 1. The summed E-state index contributed by atoms with van der Waals surface area (Å²) in [5.74, 6) is -0.374. The van der Waals surface area contributed by atoms with Crippen molar-refractivity contribution in [2.75, 3.05) is 12.4 Å². The number of carbonyl (C=O) groups excluding carboxylic acids is 3. The number of ether oxygens (including phenoxy) is 1. The van der Waals surface area contributed by atoms with E-state index in [9.17, 15) is 14.4 Å². The van der Waals surface area contributed by atoms with Gasteiger partial charge in [-0.1, -0.05) is 35.3 Å². The zero-order valence-electron chi connectivity index (χ0n) is 21.3. The molecule has 4 aromatic rings. The van der Waals surface area contributed by atoms with E-state index in [4.69, 9.17) is 27.9 Å². The number of hydrogen-bond acceptors (Lipinski definition) is 7. The van der Waals surface area contributed by atoms with Gasteiger partial charge in [0.25, 0.3) is 11.8 Å². The van der Waals surface area contributed by atoms with Gasteiger partial charge in [0.2, 0.25) is 5.95 Å². The van der Waals surface area contributed by atoms with E-state index in [1.54, 1.807) is 48.7 Å². The maximum atomic E-state index is 13.8. The number of benzene rings is 2. The molecule has 2 aromatic heterocycles. The summed E-state index contributed by atoms with van der Waals surface area (Å²) in [6.07, 6.45) is 4.84. The molecule has 0 saturated carbocycles. The van der Waals surface area contributed by atoms with Crippen molar-refractivity contribution in [2.24, 2.45) is 0 Å². The normalized spacial score (nSPS) is 14.9. The molecule has 11 heteroatoms. The Morgan fingerprint density at radius 3 is 2.55 bits per heavy atom. The van der Waals surface area contributed by atoms with Gasteiger partial charge in [0, 0.05) is 41.9 Å². The molecule has 40 heavy (non-hydrogen) atoms. The monoisotopic (exact) mass is 575 g/mol. The number of carbonyl (C=O) groups is 3. The first-order valence-corrected chi connectivity index (χ1v) is 13.1. The third-order valence-corrected chi connectivity index (χ3v) is 7.07. The molecule has 1 N–H and O–H groups in total. The first-order chi connectivity index (χ1) is 19.3. The van der Waals surface area contributed by atoms with Gasteiger partial charge < -0.3 is 9.64 Å². The average Bonchev–Trinajstić information content (AvgIpc) is 3.03. The van der Waals surface area contributed by atoms with Crippen LogP contribution in [0.3, 0.4) is 0 Å². The molecule has 202 valence electrons. The van der Waals surface area contributed by atoms with Crippen LogP contribution < -0.4 is 10.1 Å². The Morgan fingerprint density at radius 2 is 1.85 bits per heavy atom. The maximum Gasteiger partial charge on any atom is 0.259 e. The first kappa shape index (κ1) is 27.2. The molecule has 1 aliphatic rings. The van der Waals surface area contributed by atoms with Crippen LogP contribution in [0.1, 0.15) is 37.5 Å². The number of fused-ring (bicyclic) bond motifs is 1. The smallest absolute Gasteiger partial charge is 0.259 e. The zero-order chi connectivity index (χ0) is 28.2. The van der Waals surface area contributed by atoms with Crippen LogP contribution in [0.25, 0.3) is 0 Å². The highest BCUT2D eigenvalue weighted by Crippen LogP contribution is 2.28. The van der Waals surface area contributed by atoms with Crippen molar-refractivity contribution in [1.29, 1.82) is 0 Å². The van der Waals surface area contributed by atoms with E-state index in [0.29, 0.717) is 33.2 Å². The Morgan fingerprint density at radius 1 is 1.05 bits per heavy atom. The largest absolute Gasteiger partial charge is 0.494 e. The molecule has 0 bridgehead atoms. The van der Waals surface area contributed by atoms with E-state index in [2.05, 4.69) is 20.3 Å². The third-order valence-electron chi connectivity index (χ3n) is 6.52. The second-order valence-corrected chi connectivity index (χ2v) is 9.98. The van der Waals surface area contributed by atoms with E-state index >= 15 is 0 Å². The van der Waals surface area contributed by atoms with Crippen molar-refractivity contribution in [3.8, 4) is 5.75 Å². The Balaban J connectivity index is 1.42. The SMILES string of the molecule is COc1cnc(NC(=O)c2ccc(CN3C(=O)c4ccc(Cl)cc4CC(=O)[C@H]3Cc3ccccn3)cc2Cl)nc1. The van der Waals surface area contributed by atoms with E-state index in [-0.39, 0.29) is 47.6 Å². The van der Waals surface area contributed by atoms with Crippen LogP contribution in [0.4, 0.5) is 5.95 Å². The molecule has 0 aliphatic carbocycles. The summed E-state index contributed by atoms with van der Waals surface area (Å²) in [4.78, 5) is 54.1.